The van der Waals surface area contributed by atoms with Crippen molar-refractivity contribution in [1.29, 1.82) is 0 Å². The lowest BCUT2D eigenvalue weighted by molar-refractivity contribution is -0.140. The van der Waals surface area contributed by atoms with Gasteiger partial charge in [0.2, 0.25) is 11.8 Å². The number of benzene rings is 2. The number of piperazine rings is 1. The maximum atomic E-state index is 12.8. The van der Waals surface area contributed by atoms with Gasteiger partial charge in [-0.25, -0.2) is 0 Å². The molecule has 0 N–H and O–H groups in total. The summed E-state index contributed by atoms with van der Waals surface area (Å²) >= 11 is 0. The Morgan fingerprint density at radius 2 is 1.72 bits per heavy atom. The molecule has 25 heavy (non-hydrogen) atoms. The maximum Gasteiger partial charge on any atom is 0.249 e. The van der Waals surface area contributed by atoms with Crippen LogP contribution in [0.15, 0.2) is 54.6 Å². The van der Waals surface area contributed by atoms with Gasteiger partial charge in [-0.15, -0.1) is 0 Å². The van der Waals surface area contributed by atoms with Gasteiger partial charge in [0.1, 0.15) is 6.04 Å². The van der Waals surface area contributed by atoms with Crippen molar-refractivity contribution in [3.05, 3.63) is 65.7 Å². The van der Waals surface area contributed by atoms with Gasteiger partial charge in [-0.3, -0.25) is 9.59 Å². The Bertz CT molecular complexity index is 758. The van der Waals surface area contributed by atoms with Crippen LogP contribution in [0.1, 0.15) is 24.5 Å². The molecule has 2 amide bonds. The highest BCUT2D eigenvalue weighted by Gasteiger charge is 2.34. The predicted octanol–water partition coefficient (Wildman–Crippen LogP) is 3.19. The molecule has 1 aliphatic rings. The fourth-order valence-corrected chi connectivity index (χ4v) is 3.36. The summed E-state index contributed by atoms with van der Waals surface area (Å²) in [6.07, 6.45) is 1.14. The zero-order chi connectivity index (χ0) is 17.8. The highest BCUT2D eigenvalue weighted by molar-refractivity contribution is 6.00. The molecule has 1 heterocycles. The second-order valence-corrected chi connectivity index (χ2v) is 6.53. The Hall–Kier alpha value is -2.62. The predicted molar refractivity (Wildman–Crippen MR) is 99.5 cm³/mol. The average Bonchev–Trinajstić information content (AvgIpc) is 2.63. The number of nitrogens with zero attached hydrogens (tertiary/aromatic N) is 2. The van der Waals surface area contributed by atoms with E-state index in [9.17, 15) is 9.59 Å². The van der Waals surface area contributed by atoms with Crippen LogP contribution in [0.2, 0.25) is 0 Å². The lowest BCUT2D eigenvalue weighted by atomic mass is 10.1. The molecule has 0 bridgehead atoms. The van der Waals surface area contributed by atoms with Crippen molar-refractivity contribution in [1.82, 2.24) is 4.90 Å². The summed E-state index contributed by atoms with van der Waals surface area (Å²) in [4.78, 5) is 28.9. The molecule has 130 valence electrons. The van der Waals surface area contributed by atoms with E-state index in [4.69, 9.17) is 0 Å². The van der Waals surface area contributed by atoms with Crippen LogP contribution in [-0.4, -0.2) is 35.8 Å². The van der Waals surface area contributed by atoms with E-state index in [0.29, 0.717) is 25.9 Å². The Kier molecular flexibility index (Phi) is 5.17. The molecule has 0 saturated carbocycles. The van der Waals surface area contributed by atoms with Crippen LogP contribution >= 0.6 is 0 Å². The summed E-state index contributed by atoms with van der Waals surface area (Å²) in [5.74, 6) is 0.0442. The fourth-order valence-electron chi connectivity index (χ4n) is 3.36. The Labute approximate surface area is 149 Å². The van der Waals surface area contributed by atoms with Crippen molar-refractivity contribution in [3.8, 4) is 0 Å². The van der Waals surface area contributed by atoms with Crippen LogP contribution < -0.4 is 4.90 Å². The Morgan fingerprint density at radius 3 is 2.44 bits per heavy atom. The van der Waals surface area contributed by atoms with Crippen molar-refractivity contribution in [2.75, 3.05) is 18.0 Å². The SMILES string of the molecule is Cc1ccccc1N1CCN(C(=O)CCc2ccccc2)C(C)C1=O. The molecule has 2 aromatic rings. The smallest absolute Gasteiger partial charge is 0.249 e. The number of para-hydroxylation sites is 1. The number of carbonyl (C=O) groups excluding carboxylic acids is 2. The van der Waals surface area contributed by atoms with E-state index in [0.717, 1.165) is 16.8 Å². The van der Waals surface area contributed by atoms with E-state index in [-0.39, 0.29) is 11.8 Å². The minimum atomic E-state index is -0.420. The van der Waals surface area contributed by atoms with Crippen molar-refractivity contribution in [2.45, 2.75) is 32.7 Å². The second-order valence-electron chi connectivity index (χ2n) is 6.53. The molecule has 4 heteroatoms. The number of anilines is 1. The molecule has 1 aliphatic heterocycles. The van der Waals surface area contributed by atoms with Crippen molar-refractivity contribution < 1.29 is 9.59 Å². The summed E-state index contributed by atoms with van der Waals surface area (Å²) < 4.78 is 0. The van der Waals surface area contributed by atoms with Crippen molar-refractivity contribution >= 4 is 17.5 Å². The number of amides is 2. The van der Waals surface area contributed by atoms with E-state index in [2.05, 4.69) is 0 Å². The third kappa shape index (κ3) is 3.73. The normalized spacial score (nSPS) is 17.7. The van der Waals surface area contributed by atoms with Gasteiger partial charge < -0.3 is 9.80 Å². The third-order valence-corrected chi connectivity index (χ3v) is 4.85. The van der Waals surface area contributed by atoms with E-state index in [1.807, 2.05) is 68.4 Å². The minimum Gasteiger partial charge on any atom is -0.329 e. The molecule has 0 aliphatic carbocycles. The monoisotopic (exact) mass is 336 g/mol. The highest BCUT2D eigenvalue weighted by Crippen LogP contribution is 2.24. The molecule has 1 atom stereocenters. The number of carbonyl (C=O) groups is 2. The zero-order valence-electron chi connectivity index (χ0n) is 14.8. The number of rotatable bonds is 4. The number of aryl methyl sites for hydroxylation is 2. The van der Waals surface area contributed by atoms with Crippen LogP contribution in [-0.2, 0) is 16.0 Å². The van der Waals surface area contributed by atoms with Crippen molar-refractivity contribution in [3.63, 3.8) is 0 Å². The molecule has 3 rings (SSSR count). The van der Waals surface area contributed by atoms with Gasteiger partial charge >= 0.3 is 0 Å². The highest BCUT2D eigenvalue weighted by atomic mass is 16.2. The van der Waals surface area contributed by atoms with Crippen molar-refractivity contribution in [2.24, 2.45) is 0 Å². The average molecular weight is 336 g/mol. The van der Waals surface area contributed by atoms with Gasteiger partial charge in [0.25, 0.3) is 0 Å². The molecule has 0 radical (unpaired) electrons. The summed E-state index contributed by atoms with van der Waals surface area (Å²) in [7, 11) is 0. The molecule has 4 nitrogen and oxygen atoms in total. The van der Waals surface area contributed by atoms with Gasteiger partial charge in [0.05, 0.1) is 0 Å². The first-order valence-electron chi connectivity index (χ1n) is 8.78. The molecule has 0 spiro atoms. The minimum absolute atomic E-state index is 0.00592. The first-order valence-corrected chi connectivity index (χ1v) is 8.78. The molecule has 1 unspecified atom stereocenters. The number of hydrogen-bond acceptors (Lipinski definition) is 2. The van der Waals surface area contributed by atoms with E-state index >= 15 is 0 Å². The van der Waals surface area contributed by atoms with Crippen LogP contribution in [0.3, 0.4) is 0 Å². The first kappa shape index (κ1) is 17.2. The summed E-state index contributed by atoms with van der Waals surface area (Å²) in [5.41, 5.74) is 3.16. The van der Waals surface area contributed by atoms with Gasteiger partial charge in [0, 0.05) is 25.2 Å². The number of hydrogen-bond donors (Lipinski definition) is 0. The molecule has 0 aromatic heterocycles. The quantitative estimate of drug-likeness (QED) is 0.860. The fraction of sp³-hybridized carbons (Fsp3) is 0.333. The van der Waals surface area contributed by atoms with Gasteiger partial charge in [-0.05, 0) is 37.5 Å². The molecular weight excluding hydrogens is 312 g/mol. The second kappa shape index (κ2) is 7.51. The standard InChI is InChI=1S/C21H24N2O2/c1-16-8-6-7-11-19(16)23-15-14-22(17(2)21(23)25)20(24)13-12-18-9-4-3-5-10-18/h3-11,17H,12-15H2,1-2H3. The summed E-state index contributed by atoms with van der Waals surface area (Å²) in [5, 5.41) is 0. The van der Waals surface area contributed by atoms with E-state index < -0.39 is 6.04 Å². The first-order chi connectivity index (χ1) is 12.1. The molecule has 2 aromatic carbocycles. The van der Waals surface area contributed by atoms with Gasteiger partial charge in [-0.1, -0.05) is 48.5 Å². The largest absolute Gasteiger partial charge is 0.329 e. The Morgan fingerprint density at radius 1 is 1.04 bits per heavy atom. The van der Waals surface area contributed by atoms with Crippen LogP contribution in [0, 0.1) is 6.92 Å². The topological polar surface area (TPSA) is 40.6 Å². The molecule has 1 saturated heterocycles. The lowest BCUT2D eigenvalue weighted by Gasteiger charge is -2.39. The zero-order valence-corrected chi connectivity index (χ0v) is 14.8. The van der Waals surface area contributed by atoms with Crippen LogP contribution in [0.4, 0.5) is 5.69 Å². The molecule has 1 fully saturated rings. The van der Waals surface area contributed by atoms with Crippen LogP contribution in [0.5, 0.6) is 0 Å². The van der Waals surface area contributed by atoms with Gasteiger partial charge in [-0.2, -0.15) is 0 Å². The maximum absolute atomic E-state index is 12.8. The van der Waals surface area contributed by atoms with E-state index in [1.54, 1.807) is 9.80 Å². The van der Waals surface area contributed by atoms with Gasteiger partial charge in [0.15, 0.2) is 0 Å². The third-order valence-electron chi connectivity index (χ3n) is 4.85. The van der Waals surface area contributed by atoms with E-state index in [1.165, 1.54) is 0 Å². The lowest BCUT2D eigenvalue weighted by Crippen LogP contribution is -2.58. The molecular formula is C21H24N2O2. The van der Waals surface area contributed by atoms with Crippen LogP contribution in [0.25, 0.3) is 0 Å². The summed E-state index contributed by atoms with van der Waals surface area (Å²) in [6, 6.07) is 17.4. The Balaban J connectivity index is 1.65. The summed E-state index contributed by atoms with van der Waals surface area (Å²) in [6.45, 7) is 4.96.